The van der Waals surface area contributed by atoms with Crippen molar-refractivity contribution in [1.29, 1.82) is 0 Å². The number of aromatic amines is 1. The second kappa shape index (κ2) is 4.61. The topological polar surface area (TPSA) is 83.8 Å². The van der Waals surface area contributed by atoms with Crippen LogP contribution in [-0.2, 0) is 6.42 Å². The van der Waals surface area contributed by atoms with E-state index < -0.39 is 0 Å². The van der Waals surface area contributed by atoms with E-state index >= 15 is 0 Å². The highest BCUT2D eigenvalue weighted by Gasteiger charge is 2.10. The molecule has 0 aliphatic carbocycles. The summed E-state index contributed by atoms with van der Waals surface area (Å²) in [6, 6.07) is 1.60. The molecule has 0 saturated heterocycles. The number of aryl methyl sites for hydroxylation is 1. The van der Waals surface area contributed by atoms with Crippen molar-refractivity contribution < 1.29 is 9.32 Å². The summed E-state index contributed by atoms with van der Waals surface area (Å²) in [6.45, 7) is 2.27. The van der Waals surface area contributed by atoms with Gasteiger partial charge in [0, 0.05) is 31.4 Å². The zero-order chi connectivity index (χ0) is 11.4. The van der Waals surface area contributed by atoms with E-state index in [1.165, 1.54) is 0 Å². The average molecular weight is 220 g/mol. The van der Waals surface area contributed by atoms with E-state index in [2.05, 4.69) is 20.4 Å². The van der Waals surface area contributed by atoms with Crippen LogP contribution in [0.15, 0.2) is 23.0 Å². The first-order chi connectivity index (χ1) is 7.75. The van der Waals surface area contributed by atoms with E-state index in [0.29, 0.717) is 18.7 Å². The van der Waals surface area contributed by atoms with Gasteiger partial charge < -0.3 is 14.8 Å². The lowest BCUT2D eigenvalue weighted by Gasteiger charge is -1.99. The number of rotatable bonds is 4. The van der Waals surface area contributed by atoms with Gasteiger partial charge in [-0.05, 0) is 6.92 Å². The molecule has 2 aromatic heterocycles. The van der Waals surface area contributed by atoms with Crippen LogP contribution in [0.5, 0.6) is 0 Å². The van der Waals surface area contributed by atoms with E-state index in [0.717, 1.165) is 5.82 Å². The molecule has 16 heavy (non-hydrogen) atoms. The zero-order valence-corrected chi connectivity index (χ0v) is 8.86. The monoisotopic (exact) mass is 220 g/mol. The molecule has 0 saturated carbocycles. The third-order valence-electron chi connectivity index (χ3n) is 2.05. The minimum Gasteiger partial charge on any atom is -0.351 e. The molecular weight excluding hydrogens is 208 g/mol. The van der Waals surface area contributed by atoms with Crippen molar-refractivity contribution in [3.05, 3.63) is 35.7 Å². The Morgan fingerprint density at radius 1 is 1.62 bits per heavy atom. The van der Waals surface area contributed by atoms with Crippen molar-refractivity contribution in [3.63, 3.8) is 0 Å². The maximum absolute atomic E-state index is 11.5. The first-order valence-corrected chi connectivity index (χ1v) is 4.95. The largest absolute Gasteiger partial charge is 0.351 e. The number of carbonyl (C=O) groups is 1. The number of nitrogens with one attached hydrogen (secondary N) is 2. The third kappa shape index (κ3) is 2.47. The number of carbonyl (C=O) groups excluding carboxylic acids is 1. The second-order valence-electron chi connectivity index (χ2n) is 3.37. The highest BCUT2D eigenvalue weighted by molar-refractivity contribution is 5.91. The predicted octanol–water partition coefficient (Wildman–Crippen LogP) is 0.679. The van der Waals surface area contributed by atoms with Gasteiger partial charge in [0.05, 0.1) is 5.69 Å². The van der Waals surface area contributed by atoms with Crippen LogP contribution in [0.4, 0.5) is 0 Å². The Hall–Kier alpha value is -2.11. The first kappa shape index (κ1) is 10.4. The van der Waals surface area contributed by atoms with Crippen molar-refractivity contribution >= 4 is 5.91 Å². The molecule has 0 aliphatic rings. The van der Waals surface area contributed by atoms with Crippen LogP contribution in [-0.4, -0.2) is 27.6 Å². The van der Waals surface area contributed by atoms with Gasteiger partial charge in [-0.1, -0.05) is 5.16 Å². The molecule has 2 aromatic rings. The summed E-state index contributed by atoms with van der Waals surface area (Å²) in [6.07, 6.45) is 4.08. The fourth-order valence-corrected chi connectivity index (χ4v) is 1.29. The predicted molar refractivity (Wildman–Crippen MR) is 55.9 cm³/mol. The van der Waals surface area contributed by atoms with Gasteiger partial charge in [-0.3, -0.25) is 4.79 Å². The molecular formula is C10H12N4O2. The van der Waals surface area contributed by atoms with Crippen LogP contribution in [0, 0.1) is 6.92 Å². The Morgan fingerprint density at radius 3 is 3.12 bits per heavy atom. The molecule has 6 heteroatoms. The molecule has 0 atom stereocenters. The standard InChI is InChI=1S/C10H12N4O2/c1-7-6-8(16-14-7)10(15)13-3-2-9-11-4-5-12-9/h4-6H,2-3H2,1H3,(H,11,12)(H,13,15). The lowest BCUT2D eigenvalue weighted by Crippen LogP contribution is -2.25. The summed E-state index contributed by atoms with van der Waals surface area (Å²) in [5, 5.41) is 6.36. The molecule has 2 N–H and O–H groups in total. The van der Waals surface area contributed by atoms with Crippen LogP contribution in [0.3, 0.4) is 0 Å². The molecule has 0 spiro atoms. The fourth-order valence-electron chi connectivity index (χ4n) is 1.29. The molecule has 0 aliphatic heterocycles. The highest BCUT2D eigenvalue weighted by atomic mass is 16.5. The van der Waals surface area contributed by atoms with Gasteiger partial charge in [-0.2, -0.15) is 0 Å². The van der Waals surface area contributed by atoms with Crippen molar-refractivity contribution in [2.24, 2.45) is 0 Å². The first-order valence-electron chi connectivity index (χ1n) is 4.95. The number of nitrogens with zero attached hydrogens (tertiary/aromatic N) is 2. The van der Waals surface area contributed by atoms with E-state index in [1.807, 2.05) is 0 Å². The Kier molecular flexibility index (Phi) is 3.00. The smallest absolute Gasteiger partial charge is 0.289 e. The summed E-state index contributed by atoms with van der Waals surface area (Å²) < 4.78 is 4.83. The molecule has 0 unspecified atom stereocenters. The van der Waals surface area contributed by atoms with E-state index in [9.17, 15) is 4.79 Å². The van der Waals surface area contributed by atoms with Crippen molar-refractivity contribution in [2.75, 3.05) is 6.54 Å². The molecule has 2 heterocycles. The molecule has 6 nitrogen and oxygen atoms in total. The number of H-pyrrole nitrogens is 1. The quantitative estimate of drug-likeness (QED) is 0.793. The summed E-state index contributed by atoms with van der Waals surface area (Å²) in [7, 11) is 0. The van der Waals surface area contributed by atoms with E-state index in [4.69, 9.17) is 4.52 Å². The molecule has 0 radical (unpaired) electrons. The number of aromatic nitrogens is 3. The number of hydrogen-bond acceptors (Lipinski definition) is 4. The molecule has 0 aromatic carbocycles. The van der Waals surface area contributed by atoms with Crippen LogP contribution >= 0.6 is 0 Å². The van der Waals surface area contributed by atoms with Gasteiger partial charge in [-0.15, -0.1) is 0 Å². The Labute approximate surface area is 92.1 Å². The minimum absolute atomic E-state index is 0.233. The number of amides is 1. The van der Waals surface area contributed by atoms with Gasteiger partial charge in [0.25, 0.3) is 5.91 Å². The van der Waals surface area contributed by atoms with Crippen molar-refractivity contribution in [2.45, 2.75) is 13.3 Å². The lowest BCUT2D eigenvalue weighted by molar-refractivity contribution is 0.0917. The summed E-state index contributed by atoms with van der Waals surface area (Å²) >= 11 is 0. The minimum atomic E-state index is -0.257. The molecule has 2 rings (SSSR count). The van der Waals surface area contributed by atoms with E-state index in [1.54, 1.807) is 25.4 Å². The number of imidazole rings is 1. The molecule has 0 bridgehead atoms. The maximum Gasteiger partial charge on any atom is 0.289 e. The number of hydrogen-bond donors (Lipinski definition) is 2. The van der Waals surface area contributed by atoms with Gasteiger partial charge in [0.1, 0.15) is 5.82 Å². The fraction of sp³-hybridized carbons (Fsp3) is 0.300. The van der Waals surface area contributed by atoms with Crippen LogP contribution in [0.2, 0.25) is 0 Å². The summed E-state index contributed by atoms with van der Waals surface area (Å²) in [4.78, 5) is 18.5. The van der Waals surface area contributed by atoms with Crippen molar-refractivity contribution in [1.82, 2.24) is 20.4 Å². The Morgan fingerprint density at radius 2 is 2.50 bits per heavy atom. The molecule has 84 valence electrons. The van der Waals surface area contributed by atoms with Crippen LogP contribution < -0.4 is 5.32 Å². The van der Waals surface area contributed by atoms with Gasteiger partial charge in [0.2, 0.25) is 5.76 Å². The molecule has 0 fully saturated rings. The molecule has 1 amide bonds. The normalized spacial score (nSPS) is 10.3. The van der Waals surface area contributed by atoms with Gasteiger partial charge in [0.15, 0.2) is 0 Å². The Balaban J connectivity index is 1.80. The van der Waals surface area contributed by atoms with Crippen molar-refractivity contribution in [3.8, 4) is 0 Å². The van der Waals surface area contributed by atoms with Gasteiger partial charge in [-0.25, -0.2) is 4.98 Å². The zero-order valence-electron chi connectivity index (χ0n) is 8.86. The van der Waals surface area contributed by atoms with Gasteiger partial charge >= 0.3 is 0 Å². The Bertz CT molecular complexity index is 461. The van der Waals surface area contributed by atoms with Crippen LogP contribution in [0.25, 0.3) is 0 Å². The lowest BCUT2D eigenvalue weighted by atomic mass is 10.3. The maximum atomic E-state index is 11.5. The highest BCUT2D eigenvalue weighted by Crippen LogP contribution is 2.01. The SMILES string of the molecule is Cc1cc(C(=O)NCCc2ncc[nH]2)on1. The van der Waals surface area contributed by atoms with E-state index in [-0.39, 0.29) is 11.7 Å². The summed E-state index contributed by atoms with van der Waals surface area (Å²) in [5.41, 5.74) is 0.691. The summed E-state index contributed by atoms with van der Waals surface area (Å²) in [5.74, 6) is 0.818. The van der Waals surface area contributed by atoms with Crippen LogP contribution in [0.1, 0.15) is 22.1 Å². The second-order valence-corrected chi connectivity index (χ2v) is 3.37. The average Bonchev–Trinajstić information content (AvgIpc) is 2.89. The third-order valence-corrected chi connectivity index (χ3v) is 2.05.